The van der Waals surface area contributed by atoms with Crippen molar-refractivity contribution >= 4 is 6.29 Å². The topological polar surface area (TPSA) is 86.7 Å². The summed E-state index contributed by atoms with van der Waals surface area (Å²) in [4.78, 5) is 14.7. The summed E-state index contributed by atoms with van der Waals surface area (Å²) in [6.07, 6.45) is 2.17. The molecule has 0 atom stereocenters. The number of aromatic nitrogens is 5. The van der Waals surface area contributed by atoms with Crippen molar-refractivity contribution in [2.75, 3.05) is 0 Å². The summed E-state index contributed by atoms with van der Waals surface area (Å²) >= 11 is 0. The fourth-order valence-corrected chi connectivity index (χ4v) is 1.21. The zero-order chi connectivity index (χ0) is 12.5. The first kappa shape index (κ1) is 11.4. The molecule has 0 bridgehead atoms. The molecule has 2 aromatic heterocycles. The Balaban J connectivity index is 2.14. The molecule has 0 aliphatic rings. The normalized spacial score (nSPS) is 11.7. The summed E-state index contributed by atoms with van der Waals surface area (Å²) in [6.45, 7) is 6.30. The van der Waals surface area contributed by atoms with Gasteiger partial charge in [0.1, 0.15) is 12.2 Å². The summed E-state index contributed by atoms with van der Waals surface area (Å²) in [5.41, 5.74) is 0.103. The number of rotatable bonds is 3. The predicted octanol–water partition coefficient (Wildman–Crippen LogP) is 0.819. The van der Waals surface area contributed by atoms with E-state index >= 15 is 0 Å². The first-order valence-electron chi connectivity index (χ1n) is 5.17. The smallest absolute Gasteiger partial charge is 0.232 e. The second-order valence-electron chi connectivity index (χ2n) is 4.72. The molecule has 0 spiro atoms. The highest BCUT2D eigenvalue weighted by molar-refractivity contribution is 5.70. The number of nitrogens with zero attached hydrogens (tertiary/aromatic N) is 5. The number of hydrogen-bond donors (Lipinski definition) is 0. The van der Waals surface area contributed by atoms with Crippen LogP contribution in [0.15, 0.2) is 10.7 Å². The zero-order valence-corrected chi connectivity index (χ0v) is 9.91. The van der Waals surface area contributed by atoms with Crippen LogP contribution in [0, 0.1) is 0 Å². The standard InChI is InChI=1S/C10H13N5O2/c1-10(2,3)9-11-8(13-17-9)5-15-4-7(6-16)12-14-15/h4,6H,5H2,1-3H3. The number of aldehydes is 1. The predicted molar refractivity (Wildman–Crippen MR) is 57.5 cm³/mol. The fraction of sp³-hybridized carbons (Fsp3) is 0.500. The SMILES string of the molecule is CC(C)(C)c1nc(Cn2cc(C=O)nn2)no1. The molecule has 2 rings (SSSR count). The molecule has 0 radical (unpaired) electrons. The van der Waals surface area contributed by atoms with Crippen molar-refractivity contribution in [3.05, 3.63) is 23.6 Å². The minimum Gasteiger partial charge on any atom is -0.339 e. The summed E-state index contributed by atoms with van der Waals surface area (Å²) in [5.74, 6) is 1.08. The molecule has 7 heteroatoms. The molecule has 0 amide bonds. The molecule has 90 valence electrons. The molecule has 0 saturated carbocycles. The van der Waals surface area contributed by atoms with Crippen molar-refractivity contribution in [1.82, 2.24) is 25.1 Å². The van der Waals surface area contributed by atoms with Crippen LogP contribution >= 0.6 is 0 Å². The van der Waals surface area contributed by atoms with Gasteiger partial charge in [-0.15, -0.1) is 5.10 Å². The van der Waals surface area contributed by atoms with E-state index in [1.807, 2.05) is 20.8 Å². The van der Waals surface area contributed by atoms with Gasteiger partial charge in [0.2, 0.25) is 5.89 Å². The lowest BCUT2D eigenvalue weighted by Crippen LogP contribution is -2.12. The molecule has 0 saturated heterocycles. The third-order valence-electron chi connectivity index (χ3n) is 2.09. The van der Waals surface area contributed by atoms with Crippen LogP contribution in [0.3, 0.4) is 0 Å². The molecular weight excluding hydrogens is 222 g/mol. The van der Waals surface area contributed by atoms with Gasteiger partial charge in [0.15, 0.2) is 12.1 Å². The van der Waals surface area contributed by atoms with Crippen molar-refractivity contribution in [1.29, 1.82) is 0 Å². The molecule has 0 N–H and O–H groups in total. The van der Waals surface area contributed by atoms with Gasteiger partial charge in [-0.3, -0.25) is 4.79 Å². The molecule has 0 aliphatic carbocycles. The average molecular weight is 235 g/mol. The Hall–Kier alpha value is -2.05. The van der Waals surface area contributed by atoms with Gasteiger partial charge in [0, 0.05) is 5.41 Å². The van der Waals surface area contributed by atoms with E-state index in [4.69, 9.17) is 4.52 Å². The highest BCUT2D eigenvalue weighted by Gasteiger charge is 2.21. The maximum absolute atomic E-state index is 10.4. The van der Waals surface area contributed by atoms with Gasteiger partial charge in [0.25, 0.3) is 0 Å². The average Bonchev–Trinajstić information content (AvgIpc) is 2.86. The minimum absolute atomic E-state index is 0.179. The Kier molecular flexibility index (Phi) is 2.74. The summed E-state index contributed by atoms with van der Waals surface area (Å²) in [6, 6.07) is 0. The second kappa shape index (κ2) is 4.08. The van der Waals surface area contributed by atoms with E-state index in [0.717, 1.165) is 0 Å². The van der Waals surface area contributed by atoms with E-state index in [0.29, 0.717) is 24.5 Å². The summed E-state index contributed by atoms with van der Waals surface area (Å²) < 4.78 is 6.63. The lowest BCUT2D eigenvalue weighted by Gasteiger charge is -2.10. The highest BCUT2D eigenvalue weighted by Crippen LogP contribution is 2.19. The molecule has 7 nitrogen and oxygen atoms in total. The number of hydrogen-bond acceptors (Lipinski definition) is 6. The lowest BCUT2D eigenvalue weighted by molar-refractivity contribution is 0.111. The summed E-state index contributed by atoms with van der Waals surface area (Å²) in [7, 11) is 0. The molecule has 0 aromatic carbocycles. The van der Waals surface area contributed by atoms with Crippen molar-refractivity contribution < 1.29 is 9.32 Å². The third kappa shape index (κ3) is 2.55. The Morgan fingerprint density at radius 1 is 1.47 bits per heavy atom. The number of carbonyl (C=O) groups is 1. The Morgan fingerprint density at radius 2 is 2.24 bits per heavy atom. The molecule has 0 unspecified atom stereocenters. The van der Waals surface area contributed by atoms with Crippen molar-refractivity contribution in [3.63, 3.8) is 0 Å². The quantitative estimate of drug-likeness (QED) is 0.732. The van der Waals surface area contributed by atoms with Gasteiger partial charge in [-0.1, -0.05) is 31.1 Å². The van der Waals surface area contributed by atoms with Crippen LogP contribution in [0.4, 0.5) is 0 Å². The van der Waals surface area contributed by atoms with Gasteiger partial charge in [-0.05, 0) is 0 Å². The van der Waals surface area contributed by atoms with E-state index in [1.54, 1.807) is 0 Å². The van der Waals surface area contributed by atoms with Gasteiger partial charge >= 0.3 is 0 Å². The van der Waals surface area contributed by atoms with Crippen LogP contribution in [0.2, 0.25) is 0 Å². The molecule has 17 heavy (non-hydrogen) atoms. The maximum Gasteiger partial charge on any atom is 0.232 e. The second-order valence-corrected chi connectivity index (χ2v) is 4.72. The van der Waals surface area contributed by atoms with Crippen LogP contribution < -0.4 is 0 Å². The van der Waals surface area contributed by atoms with E-state index in [-0.39, 0.29) is 11.1 Å². The Bertz CT molecular complexity index is 523. The van der Waals surface area contributed by atoms with Gasteiger partial charge in [-0.25, -0.2) is 4.68 Å². The van der Waals surface area contributed by atoms with E-state index in [1.165, 1.54) is 10.9 Å². The van der Waals surface area contributed by atoms with Crippen LogP contribution in [0.1, 0.15) is 43.0 Å². The minimum atomic E-state index is -0.179. The van der Waals surface area contributed by atoms with Crippen LogP contribution in [0.25, 0.3) is 0 Å². The molecule has 0 aliphatic heterocycles. The van der Waals surface area contributed by atoms with E-state index < -0.39 is 0 Å². The maximum atomic E-state index is 10.4. The third-order valence-corrected chi connectivity index (χ3v) is 2.09. The first-order chi connectivity index (χ1) is 7.99. The van der Waals surface area contributed by atoms with E-state index in [2.05, 4.69) is 20.5 Å². The molecule has 2 aromatic rings. The van der Waals surface area contributed by atoms with Crippen LogP contribution in [0.5, 0.6) is 0 Å². The van der Waals surface area contributed by atoms with Crippen LogP contribution in [-0.2, 0) is 12.0 Å². The van der Waals surface area contributed by atoms with Crippen molar-refractivity contribution in [2.24, 2.45) is 0 Å². The first-order valence-corrected chi connectivity index (χ1v) is 5.17. The van der Waals surface area contributed by atoms with Crippen molar-refractivity contribution in [3.8, 4) is 0 Å². The largest absolute Gasteiger partial charge is 0.339 e. The molecule has 2 heterocycles. The summed E-state index contributed by atoms with van der Waals surface area (Å²) in [5, 5.41) is 11.3. The van der Waals surface area contributed by atoms with Crippen molar-refractivity contribution in [2.45, 2.75) is 32.7 Å². The molecular formula is C10H13N5O2. The monoisotopic (exact) mass is 235 g/mol. The highest BCUT2D eigenvalue weighted by atomic mass is 16.5. The van der Waals surface area contributed by atoms with Gasteiger partial charge in [-0.2, -0.15) is 4.98 Å². The fourth-order valence-electron chi connectivity index (χ4n) is 1.21. The Labute approximate surface area is 97.8 Å². The van der Waals surface area contributed by atoms with Gasteiger partial charge in [0.05, 0.1) is 6.20 Å². The lowest BCUT2D eigenvalue weighted by atomic mass is 9.97. The van der Waals surface area contributed by atoms with E-state index in [9.17, 15) is 4.79 Å². The number of carbonyl (C=O) groups excluding carboxylic acids is 1. The zero-order valence-electron chi connectivity index (χ0n) is 9.91. The van der Waals surface area contributed by atoms with Gasteiger partial charge < -0.3 is 4.52 Å². The molecule has 0 fully saturated rings. The van der Waals surface area contributed by atoms with Crippen LogP contribution in [-0.4, -0.2) is 31.4 Å². The Morgan fingerprint density at radius 3 is 2.76 bits per heavy atom.